The summed E-state index contributed by atoms with van der Waals surface area (Å²) in [5.41, 5.74) is 2.49. The van der Waals surface area contributed by atoms with Gasteiger partial charge < -0.3 is 19.6 Å². The van der Waals surface area contributed by atoms with Gasteiger partial charge in [-0.1, -0.05) is 34.5 Å². The maximum Gasteiger partial charge on any atom is 0.265 e. The number of rotatable bonds is 8. The van der Waals surface area contributed by atoms with E-state index in [4.69, 9.17) is 25.9 Å². The largest absolute Gasteiger partial charge is 0.491 e. The SMILES string of the molecule is CCOc1cc(/C=N/OCC(=O)Nc2ccc(C)cc2)cc(Cl)c1OC. The maximum atomic E-state index is 11.8. The molecule has 138 valence electrons. The minimum absolute atomic E-state index is 0.202. The van der Waals surface area contributed by atoms with Crippen molar-refractivity contribution >= 4 is 29.4 Å². The van der Waals surface area contributed by atoms with Crippen LogP contribution in [-0.2, 0) is 9.63 Å². The molecule has 0 saturated heterocycles. The van der Waals surface area contributed by atoms with Crippen molar-refractivity contribution in [3.63, 3.8) is 0 Å². The number of anilines is 1. The van der Waals surface area contributed by atoms with Crippen LogP contribution in [-0.4, -0.2) is 32.4 Å². The molecule has 0 aliphatic carbocycles. The third-order valence-corrected chi connectivity index (χ3v) is 3.62. The number of hydrogen-bond donors (Lipinski definition) is 1. The van der Waals surface area contributed by atoms with Gasteiger partial charge in [-0.15, -0.1) is 0 Å². The lowest BCUT2D eigenvalue weighted by atomic mass is 10.2. The summed E-state index contributed by atoms with van der Waals surface area (Å²) in [4.78, 5) is 16.9. The van der Waals surface area contributed by atoms with E-state index in [2.05, 4.69) is 10.5 Å². The number of nitrogens with one attached hydrogen (secondary N) is 1. The van der Waals surface area contributed by atoms with Crippen molar-refractivity contribution in [2.45, 2.75) is 13.8 Å². The molecule has 0 spiro atoms. The van der Waals surface area contributed by atoms with Gasteiger partial charge in [0.25, 0.3) is 5.91 Å². The quantitative estimate of drug-likeness (QED) is 0.557. The Morgan fingerprint density at radius 3 is 2.65 bits per heavy atom. The molecule has 0 aliphatic heterocycles. The van der Waals surface area contributed by atoms with E-state index in [0.717, 1.165) is 5.56 Å². The van der Waals surface area contributed by atoms with E-state index in [1.165, 1.54) is 13.3 Å². The molecule has 6 nitrogen and oxygen atoms in total. The monoisotopic (exact) mass is 376 g/mol. The Morgan fingerprint density at radius 1 is 1.27 bits per heavy atom. The summed E-state index contributed by atoms with van der Waals surface area (Å²) in [6.45, 7) is 4.12. The molecule has 7 heteroatoms. The predicted octanol–water partition coefficient (Wildman–Crippen LogP) is 4.04. The van der Waals surface area contributed by atoms with Crippen LogP contribution in [0.4, 0.5) is 5.69 Å². The zero-order valence-corrected chi connectivity index (χ0v) is 15.7. The van der Waals surface area contributed by atoms with E-state index in [1.54, 1.807) is 12.1 Å². The highest BCUT2D eigenvalue weighted by molar-refractivity contribution is 6.32. The smallest absolute Gasteiger partial charge is 0.265 e. The van der Waals surface area contributed by atoms with E-state index in [-0.39, 0.29) is 12.5 Å². The van der Waals surface area contributed by atoms with Crippen molar-refractivity contribution in [1.29, 1.82) is 0 Å². The number of nitrogens with zero attached hydrogens (tertiary/aromatic N) is 1. The molecule has 2 rings (SSSR count). The molecule has 0 saturated carbocycles. The van der Waals surface area contributed by atoms with Gasteiger partial charge in [0.15, 0.2) is 18.1 Å². The Kier molecular flexibility index (Phi) is 7.29. The van der Waals surface area contributed by atoms with Gasteiger partial charge >= 0.3 is 0 Å². The van der Waals surface area contributed by atoms with Gasteiger partial charge in [0, 0.05) is 11.3 Å². The summed E-state index contributed by atoms with van der Waals surface area (Å²) in [5, 5.41) is 6.92. The van der Waals surface area contributed by atoms with Gasteiger partial charge in [0.05, 0.1) is 25.0 Å². The highest BCUT2D eigenvalue weighted by atomic mass is 35.5. The number of amides is 1. The van der Waals surface area contributed by atoms with Crippen LogP contribution in [0.15, 0.2) is 41.6 Å². The number of carbonyl (C=O) groups is 1. The van der Waals surface area contributed by atoms with Crippen molar-refractivity contribution in [3.8, 4) is 11.5 Å². The second kappa shape index (κ2) is 9.68. The van der Waals surface area contributed by atoms with Gasteiger partial charge in [-0.2, -0.15) is 0 Å². The number of oxime groups is 1. The zero-order chi connectivity index (χ0) is 18.9. The first-order valence-electron chi connectivity index (χ1n) is 8.05. The predicted molar refractivity (Wildman–Crippen MR) is 103 cm³/mol. The van der Waals surface area contributed by atoms with Gasteiger partial charge in [-0.25, -0.2) is 0 Å². The van der Waals surface area contributed by atoms with Crippen LogP contribution in [0.25, 0.3) is 0 Å². The van der Waals surface area contributed by atoms with Gasteiger partial charge in [-0.3, -0.25) is 4.79 Å². The Bertz CT molecular complexity index is 776. The van der Waals surface area contributed by atoms with Crippen LogP contribution < -0.4 is 14.8 Å². The summed E-state index contributed by atoms with van der Waals surface area (Å²) in [6.07, 6.45) is 1.45. The third-order valence-electron chi connectivity index (χ3n) is 3.34. The number of aryl methyl sites for hydroxylation is 1. The molecule has 0 aromatic heterocycles. The van der Waals surface area contributed by atoms with Crippen molar-refractivity contribution in [1.82, 2.24) is 0 Å². The van der Waals surface area contributed by atoms with Crippen molar-refractivity contribution in [2.24, 2.45) is 5.16 Å². The van der Waals surface area contributed by atoms with Gasteiger partial charge in [0.1, 0.15) is 0 Å². The Balaban J connectivity index is 1.91. The first-order chi connectivity index (χ1) is 12.5. The summed E-state index contributed by atoms with van der Waals surface area (Å²) in [5.74, 6) is 0.680. The molecule has 2 aromatic rings. The number of benzene rings is 2. The van der Waals surface area contributed by atoms with E-state index in [9.17, 15) is 4.79 Å². The molecule has 0 aliphatic rings. The van der Waals surface area contributed by atoms with E-state index in [1.807, 2.05) is 38.1 Å². The van der Waals surface area contributed by atoms with Crippen LogP contribution in [0.2, 0.25) is 5.02 Å². The van der Waals surface area contributed by atoms with Crippen LogP contribution in [0.1, 0.15) is 18.1 Å². The molecule has 26 heavy (non-hydrogen) atoms. The van der Waals surface area contributed by atoms with Crippen LogP contribution in [0.5, 0.6) is 11.5 Å². The summed E-state index contributed by atoms with van der Waals surface area (Å²) >= 11 is 6.16. The molecule has 1 amide bonds. The van der Waals surface area contributed by atoms with E-state index in [0.29, 0.717) is 34.4 Å². The number of methoxy groups -OCH3 is 1. The van der Waals surface area contributed by atoms with Crippen LogP contribution in [0.3, 0.4) is 0 Å². The lowest BCUT2D eigenvalue weighted by molar-refractivity contribution is -0.120. The fourth-order valence-electron chi connectivity index (χ4n) is 2.15. The number of ether oxygens (including phenoxy) is 2. The van der Waals surface area contributed by atoms with Crippen molar-refractivity contribution < 1.29 is 19.1 Å². The standard InChI is InChI=1S/C19H21ClN2O4/c1-4-25-17-10-14(9-16(20)19(17)24-3)11-21-26-12-18(23)22-15-7-5-13(2)6-8-15/h5-11H,4,12H2,1-3H3,(H,22,23)/b21-11+. The lowest BCUT2D eigenvalue weighted by Gasteiger charge is -2.11. The molecule has 0 fully saturated rings. The molecule has 1 N–H and O–H groups in total. The number of hydrogen-bond acceptors (Lipinski definition) is 5. The topological polar surface area (TPSA) is 69.2 Å². The second-order valence-electron chi connectivity index (χ2n) is 5.39. The molecule has 2 aromatic carbocycles. The van der Waals surface area contributed by atoms with Gasteiger partial charge in [-0.05, 0) is 38.1 Å². The molecule has 0 radical (unpaired) electrons. The second-order valence-corrected chi connectivity index (χ2v) is 5.80. The first kappa shape index (κ1) is 19.6. The molecule has 0 bridgehead atoms. The fourth-order valence-corrected chi connectivity index (χ4v) is 2.45. The summed E-state index contributed by atoms with van der Waals surface area (Å²) < 4.78 is 10.7. The maximum absolute atomic E-state index is 11.8. The van der Waals surface area contributed by atoms with Crippen LogP contribution >= 0.6 is 11.6 Å². The minimum atomic E-state index is -0.297. The lowest BCUT2D eigenvalue weighted by Crippen LogP contribution is -2.16. The highest BCUT2D eigenvalue weighted by Gasteiger charge is 2.10. The Morgan fingerprint density at radius 2 is 2.00 bits per heavy atom. The molecular weight excluding hydrogens is 356 g/mol. The Labute approximate surface area is 157 Å². The fraction of sp³-hybridized carbons (Fsp3) is 0.263. The highest BCUT2D eigenvalue weighted by Crippen LogP contribution is 2.35. The zero-order valence-electron chi connectivity index (χ0n) is 14.9. The van der Waals surface area contributed by atoms with Crippen LogP contribution in [0, 0.1) is 6.92 Å². The molecular formula is C19H21ClN2O4. The van der Waals surface area contributed by atoms with Crippen molar-refractivity contribution in [3.05, 3.63) is 52.5 Å². The molecule has 0 heterocycles. The minimum Gasteiger partial charge on any atom is -0.491 e. The summed E-state index contributed by atoms with van der Waals surface area (Å²) in [6, 6.07) is 10.9. The van der Waals surface area contributed by atoms with Crippen molar-refractivity contribution in [2.75, 3.05) is 25.6 Å². The third kappa shape index (κ3) is 5.67. The summed E-state index contributed by atoms with van der Waals surface area (Å²) in [7, 11) is 1.52. The number of halogens is 1. The van der Waals surface area contributed by atoms with E-state index >= 15 is 0 Å². The van der Waals surface area contributed by atoms with Gasteiger partial charge in [0.2, 0.25) is 0 Å². The average Bonchev–Trinajstić information content (AvgIpc) is 2.61. The normalized spacial score (nSPS) is 10.6. The Hall–Kier alpha value is -2.73. The average molecular weight is 377 g/mol. The molecule has 0 unspecified atom stereocenters. The number of carbonyl (C=O) groups excluding carboxylic acids is 1. The van der Waals surface area contributed by atoms with E-state index < -0.39 is 0 Å². The molecule has 0 atom stereocenters. The first-order valence-corrected chi connectivity index (χ1v) is 8.43.